The van der Waals surface area contributed by atoms with Gasteiger partial charge in [0.1, 0.15) is 5.92 Å². The van der Waals surface area contributed by atoms with E-state index in [1.54, 1.807) is 6.26 Å². The van der Waals surface area contributed by atoms with Crippen LogP contribution < -0.4 is 5.32 Å². The molecule has 0 aromatic carbocycles. The number of amides is 1. The summed E-state index contributed by atoms with van der Waals surface area (Å²) in [5.41, 5.74) is 0. The van der Waals surface area contributed by atoms with Crippen molar-refractivity contribution in [1.82, 2.24) is 5.32 Å². The van der Waals surface area contributed by atoms with Crippen LogP contribution in [0.15, 0.2) is 0 Å². The molecule has 56 valence electrons. The van der Waals surface area contributed by atoms with Gasteiger partial charge in [0.15, 0.2) is 0 Å². The van der Waals surface area contributed by atoms with E-state index in [0.717, 1.165) is 11.8 Å². The molecule has 0 spiro atoms. The zero-order valence-corrected chi connectivity index (χ0v) is 6.53. The van der Waals surface area contributed by atoms with Crippen LogP contribution in [-0.2, 0) is 9.59 Å². The Morgan fingerprint density at radius 1 is 1.80 bits per heavy atom. The largest absolute Gasteiger partial charge is 0.355 e. The number of nitrogens with one attached hydrogen (secondary N) is 1. The fourth-order valence-electron chi connectivity index (χ4n) is 0.961. The lowest BCUT2D eigenvalue weighted by Gasteiger charge is -1.99. The molecule has 1 aliphatic rings. The summed E-state index contributed by atoms with van der Waals surface area (Å²) >= 11 is 1.13. The number of rotatable bonds is 1. The van der Waals surface area contributed by atoms with Gasteiger partial charge in [-0.2, -0.15) is 0 Å². The van der Waals surface area contributed by atoms with Crippen molar-refractivity contribution in [1.29, 1.82) is 0 Å². The van der Waals surface area contributed by atoms with E-state index < -0.39 is 0 Å². The maximum absolute atomic E-state index is 10.9. The van der Waals surface area contributed by atoms with Gasteiger partial charge in [0.2, 0.25) is 11.0 Å². The van der Waals surface area contributed by atoms with E-state index >= 15 is 0 Å². The fourth-order valence-corrected chi connectivity index (χ4v) is 1.47. The molecule has 1 N–H and O–H groups in total. The summed E-state index contributed by atoms with van der Waals surface area (Å²) < 4.78 is 0. The zero-order valence-electron chi connectivity index (χ0n) is 5.72. The highest BCUT2D eigenvalue weighted by Crippen LogP contribution is 2.15. The van der Waals surface area contributed by atoms with Crippen LogP contribution in [0.2, 0.25) is 0 Å². The third-order valence-corrected chi connectivity index (χ3v) is 2.22. The first-order valence-electron chi connectivity index (χ1n) is 3.11. The summed E-state index contributed by atoms with van der Waals surface area (Å²) in [5.74, 6) is -0.491. The van der Waals surface area contributed by atoms with Gasteiger partial charge in [-0.25, -0.2) is 0 Å². The van der Waals surface area contributed by atoms with Crippen molar-refractivity contribution in [3.63, 3.8) is 0 Å². The van der Waals surface area contributed by atoms with Gasteiger partial charge in [0.05, 0.1) is 0 Å². The van der Waals surface area contributed by atoms with E-state index in [4.69, 9.17) is 0 Å². The average Bonchev–Trinajstić information content (AvgIpc) is 2.34. The highest BCUT2D eigenvalue weighted by molar-refractivity contribution is 8.13. The first-order valence-corrected chi connectivity index (χ1v) is 4.33. The Morgan fingerprint density at radius 2 is 2.50 bits per heavy atom. The second-order valence-electron chi connectivity index (χ2n) is 2.16. The Bertz CT molecular complexity index is 169. The molecule has 0 aromatic heterocycles. The third-order valence-electron chi connectivity index (χ3n) is 1.53. The second kappa shape index (κ2) is 3.05. The molecule has 1 atom stereocenters. The molecule has 1 heterocycles. The smallest absolute Gasteiger partial charge is 0.231 e. The van der Waals surface area contributed by atoms with Gasteiger partial charge in [0.25, 0.3) is 0 Å². The van der Waals surface area contributed by atoms with Crippen molar-refractivity contribution in [2.75, 3.05) is 12.8 Å². The molecule has 4 heteroatoms. The minimum absolute atomic E-state index is 0.0185. The van der Waals surface area contributed by atoms with Crippen LogP contribution in [0.3, 0.4) is 0 Å². The van der Waals surface area contributed by atoms with Crippen LogP contribution in [0, 0.1) is 5.92 Å². The fraction of sp³-hybridized carbons (Fsp3) is 0.667. The van der Waals surface area contributed by atoms with Crippen molar-refractivity contribution in [3.8, 4) is 0 Å². The van der Waals surface area contributed by atoms with Crippen molar-refractivity contribution in [2.24, 2.45) is 5.92 Å². The van der Waals surface area contributed by atoms with Crippen molar-refractivity contribution in [2.45, 2.75) is 6.42 Å². The molecule has 1 saturated heterocycles. The number of hydrogen-bond donors (Lipinski definition) is 1. The molecule has 3 nitrogen and oxygen atoms in total. The normalized spacial score (nSPS) is 24.5. The summed E-state index contributed by atoms with van der Waals surface area (Å²) in [6.45, 7) is 0.649. The van der Waals surface area contributed by atoms with Crippen molar-refractivity contribution in [3.05, 3.63) is 0 Å². The van der Waals surface area contributed by atoms with Crippen molar-refractivity contribution >= 4 is 22.8 Å². The van der Waals surface area contributed by atoms with E-state index in [0.29, 0.717) is 13.0 Å². The van der Waals surface area contributed by atoms with E-state index in [1.165, 1.54) is 0 Å². The van der Waals surface area contributed by atoms with Gasteiger partial charge >= 0.3 is 0 Å². The lowest BCUT2D eigenvalue weighted by atomic mass is 10.1. The summed E-state index contributed by atoms with van der Waals surface area (Å²) in [6, 6.07) is 0. The molecule has 1 fully saturated rings. The van der Waals surface area contributed by atoms with Crippen LogP contribution in [0.1, 0.15) is 6.42 Å². The Hall–Kier alpha value is -0.510. The summed E-state index contributed by atoms with van der Waals surface area (Å²) in [7, 11) is 0. The van der Waals surface area contributed by atoms with Crippen LogP contribution in [0.25, 0.3) is 0 Å². The Labute approximate surface area is 63.6 Å². The SMILES string of the molecule is CSC(=O)C1CCNC1=O. The van der Waals surface area contributed by atoms with Gasteiger partial charge in [-0.15, -0.1) is 0 Å². The first-order chi connectivity index (χ1) is 4.75. The van der Waals surface area contributed by atoms with Crippen LogP contribution in [0.5, 0.6) is 0 Å². The Morgan fingerprint density at radius 3 is 2.90 bits per heavy atom. The van der Waals surface area contributed by atoms with Crippen LogP contribution in [-0.4, -0.2) is 23.8 Å². The summed E-state index contributed by atoms with van der Waals surface area (Å²) in [6.07, 6.45) is 2.37. The second-order valence-corrected chi connectivity index (χ2v) is 2.97. The molecule has 0 bridgehead atoms. The van der Waals surface area contributed by atoms with E-state index in [-0.39, 0.29) is 16.9 Å². The molecule has 1 amide bonds. The molecular weight excluding hydrogens is 150 g/mol. The van der Waals surface area contributed by atoms with E-state index in [2.05, 4.69) is 5.32 Å². The van der Waals surface area contributed by atoms with Crippen LogP contribution in [0.4, 0.5) is 0 Å². The molecular formula is C6H9NO2S. The summed E-state index contributed by atoms with van der Waals surface area (Å²) in [5, 5.41) is 2.59. The van der Waals surface area contributed by atoms with Crippen LogP contribution >= 0.6 is 11.8 Å². The first kappa shape index (κ1) is 7.60. The monoisotopic (exact) mass is 159 g/mol. The highest BCUT2D eigenvalue weighted by atomic mass is 32.2. The molecule has 10 heavy (non-hydrogen) atoms. The number of thioether (sulfide) groups is 1. The highest BCUT2D eigenvalue weighted by Gasteiger charge is 2.29. The predicted octanol–water partition coefficient (Wildman–Crippen LogP) is 0.0121. The molecule has 1 rings (SSSR count). The minimum Gasteiger partial charge on any atom is -0.355 e. The van der Waals surface area contributed by atoms with Gasteiger partial charge in [0, 0.05) is 6.54 Å². The number of carbonyl (C=O) groups is 2. The van der Waals surface area contributed by atoms with Gasteiger partial charge in [-0.05, 0) is 12.7 Å². The number of carbonyl (C=O) groups excluding carboxylic acids is 2. The molecule has 0 saturated carbocycles. The van der Waals surface area contributed by atoms with Crippen molar-refractivity contribution < 1.29 is 9.59 Å². The third kappa shape index (κ3) is 1.31. The average molecular weight is 159 g/mol. The lowest BCUT2D eigenvalue weighted by molar-refractivity contribution is -0.127. The zero-order chi connectivity index (χ0) is 7.56. The summed E-state index contributed by atoms with van der Waals surface area (Å²) in [4.78, 5) is 21.8. The predicted molar refractivity (Wildman–Crippen MR) is 39.6 cm³/mol. The maximum atomic E-state index is 10.9. The number of hydrogen-bond acceptors (Lipinski definition) is 3. The standard InChI is InChI=1S/C6H9NO2S/c1-10-6(9)4-2-3-7-5(4)8/h4H,2-3H2,1H3,(H,7,8). The maximum Gasteiger partial charge on any atom is 0.231 e. The lowest BCUT2D eigenvalue weighted by Crippen LogP contribution is -2.23. The Kier molecular flexibility index (Phi) is 2.32. The van der Waals surface area contributed by atoms with Gasteiger partial charge < -0.3 is 5.32 Å². The quantitative estimate of drug-likeness (QED) is 0.548. The van der Waals surface area contributed by atoms with E-state index in [9.17, 15) is 9.59 Å². The molecule has 1 unspecified atom stereocenters. The Balaban J connectivity index is 2.55. The van der Waals surface area contributed by atoms with E-state index in [1.807, 2.05) is 0 Å². The molecule has 0 aliphatic carbocycles. The molecule has 0 radical (unpaired) electrons. The molecule has 1 aliphatic heterocycles. The molecule has 0 aromatic rings. The van der Waals surface area contributed by atoms with Gasteiger partial charge in [-0.1, -0.05) is 11.8 Å². The van der Waals surface area contributed by atoms with Gasteiger partial charge in [-0.3, -0.25) is 9.59 Å². The topological polar surface area (TPSA) is 46.2 Å². The minimum atomic E-state index is -0.380.